The Kier molecular flexibility index (Phi) is 3.98. The van der Waals surface area contributed by atoms with E-state index in [1.165, 1.54) is 32.2 Å². The van der Waals surface area contributed by atoms with Crippen LogP contribution in [0.25, 0.3) is 0 Å². The Morgan fingerprint density at radius 1 is 1.17 bits per heavy atom. The average molecular weight is 358 g/mol. The first-order chi connectivity index (χ1) is 8.81. The largest absolute Gasteiger partial charge is 0.341 e. The lowest BCUT2D eigenvalue weighted by Crippen LogP contribution is -2.38. The molecule has 1 aromatic rings. The Hall–Kier alpha value is -0.430. The Balaban J connectivity index is 1.48. The molecule has 2 heterocycles. The van der Waals surface area contributed by atoms with Gasteiger partial charge in [-0.2, -0.15) is 0 Å². The van der Waals surface area contributed by atoms with E-state index in [1.54, 1.807) is 0 Å². The van der Waals surface area contributed by atoms with Crippen LogP contribution in [0.5, 0.6) is 0 Å². The lowest BCUT2D eigenvalue weighted by Gasteiger charge is -2.32. The predicted molar refractivity (Wildman–Crippen MR) is 80.7 cm³/mol. The van der Waals surface area contributed by atoms with E-state index in [1.807, 2.05) is 12.4 Å². The van der Waals surface area contributed by atoms with Crippen molar-refractivity contribution in [3.05, 3.63) is 16.0 Å². The van der Waals surface area contributed by atoms with E-state index in [0.29, 0.717) is 0 Å². The average Bonchev–Trinajstić information content (AvgIpc) is 3.22. The number of rotatable bonds is 4. The number of aromatic nitrogens is 2. The maximum atomic E-state index is 4.40. The number of piperidine rings is 1. The van der Waals surface area contributed by atoms with Gasteiger partial charge in [0, 0.05) is 35.1 Å². The molecule has 5 heteroatoms. The van der Waals surface area contributed by atoms with Crippen molar-refractivity contribution >= 4 is 28.5 Å². The molecule has 3 rings (SSSR count). The van der Waals surface area contributed by atoms with Gasteiger partial charge in [-0.1, -0.05) is 0 Å². The van der Waals surface area contributed by atoms with Crippen molar-refractivity contribution in [2.75, 3.05) is 24.5 Å². The minimum Gasteiger partial charge on any atom is -0.341 e. The van der Waals surface area contributed by atoms with E-state index in [2.05, 4.69) is 42.8 Å². The van der Waals surface area contributed by atoms with Gasteiger partial charge in [-0.25, -0.2) is 9.97 Å². The zero-order chi connectivity index (χ0) is 12.4. The normalized spacial score (nSPS) is 21.3. The van der Waals surface area contributed by atoms with Crippen LogP contribution in [0, 0.1) is 9.49 Å². The van der Waals surface area contributed by atoms with Gasteiger partial charge in [0.05, 0.1) is 0 Å². The summed E-state index contributed by atoms with van der Waals surface area (Å²) in [5.41, 5.74) is 0. The SMILES string of the molecule is Ic1cnc(N2CCC(CNC3CC3)CC2)nc1. The zero-order valence-corrected chi connectivity index (χ0v) is 12.6. The standard InChI is InChI=1S/C13H19IN4/c14-11-8-16-13(17-9-11)18-5-3-10(4-6-18)7-15-12-1-2-12/h8-10,12,15H,1-7H2. The molecule has 1 aliphatic heterocycles. The summed E-state index contributed by atoms with van der Waals surface area (Å²) in [6.07, 6.45) is 9.07. The fourth-order valence-corrected chi connectivity index (χ4v) is 2.71. The van der Waals surface area contributed by atoms with Gasteiger partial charge in [0.15, 0.2) is 0 Å². The summed E-state index contributed by atoms with van der Waals surface area (Å²) in [4.78, 5) is 11.1. The second-order valence-electron chi connectivity index (χ2n) is 5.31. The first-order valence-electron chi connectivity index (χ1n) is 6.77. The van der Waals surface area contributed by atoms with E-state index < -0.39 is 0 Å². The van der Waals surface area contributed by atoms with Crippen LogP contribution in [0.3, 0.4) is 0 Å². The highest BCUT2D eigenvalue weighted by Gasteiger charge is 2.24. The third kappa shape index (κ3) is 3.32. The molecule has 1 saturated carbocycles. The van der Waals surface area contributed by atoms with Crippen molar-refractivity contribution in [3.8, 4) is 0 Å². The monoisotopic (exact) mass is 358 g/mol. The number of anilines is 1. The summed E-state index contributed by atoms with van der Waals surface area (Å²) in [6, 6.07) is 0.836. The van der Waals surface area contributed by atoms with Gasteiger partial charge in [0.1, 0.15) is 0 Å². The van der Waals surface area contributed by atoms with Gasteiger partial charge in [0.2, 0.25) is 5.95 Å². The molecule has 0 radical (unpaired) electrons. The van der Waals surface area contributed by atoms with Crippen molar-refractivity contribution in [2.45, 2.75) is 31.7 Å². The second kappa shape index (κ2) is 5.69. The van der Waals surface area contributed by atoms with Gasteiger partial charge in [-0.05, 0) is 60.7 Å². The molecule has 1 aromatic heterocycles. The molecule has 4 nitrogen and oxygen atoms in total. The molecule has 0 aromatic carbocycles. The van der Waals surface area contributed by atoms with Gasteiger partial charge >= 0.3 is 0 Å². The van der Waals surface area contributed by atoms with Gasteiger partial charge in [-0.3, -0.25) is 0 Å². The highest BCUT2D eigenvalue weighted by Crippen LogP contribution is 2.23. The first kappa shape index (κ1) is 12.6. The fraction of sp³-hybridized carbons (Fsp3) is 0.692. The van der Waals surface area contributed by atoms with E-state index in [0.717, 1.165) is 34.6 Å². The Bertz CT molecular complexity index is 382. The van der Waals surface area contributed by atoms with Gasteiger partial charge in [0.25, 0.3) is 0 Å². The molecule has 0 unspecified atom stereocenters. The van der Waals surface area contributed by atoms with Crippen LogP contribution in [0.4, 0.5) is 5.95 Å². The van der Waals surface area contributed by atoms with Crippen molar-refractivity contribution in [1.29, 1.82) is 0 Å². The number of hydrogen-bond donors (Lipinski definition) is 1. The van der Waals surface area contributed by atoms with E-state index in [4.69, 9.17) is 0 Å². The van der Waals surface area contributed by atoms with E-state index in [9.17, 15) is 0 Å². The quantitative estimate of drug-likeness (QED) is 0.837. The van der Waals surface area contributed by atoms with Crippen LogP contribution in [-0.2, 0) is 0 Å². The van der Waals surface area contributed by atoms with Gasteiger partial charge < -0.3 is 10.2 Å². The molecule has 1 aliphatic carbocycles. The van der Waals surface area contributed by atoms with Crippen LogP contribution in [-0.4, -0.2) is 35.6 Å². The molecule has 0 atom stereocenters. The summed E-state index contributed by atoms with van der Waals surface area (Å²) in [5, 5.41) is 3.64. The van der Waals surface area contributed by atoms with Crippen molar-refractivity contribution < 1.29 is 0 Å². The molecule has 2 fully saturated rings. The Morgan fingerprint density at radius 3 is 2.44 bits per heavy atom. The smallest absolute Gasteiger partial charge is 0.225 e. The molecular formula is C13H19IN4. The maximum Gasteiger partial charge on any atom is 0.225 e. The third-order valence-corrected chi connectivity index (χ3v) is 4.33. The molecule has 98 valence electrons. The topological polar surface area (TPSA) is 41.1 Å². The van der Waals surface area contributed by atoms with Crippen LogP contribution >= 0.6 is 22.6 Å². The van der Waals surface area contributed by atoms with E-state index in [-0.39, 0.29) is 0 Å². The molecule has 0 bridgehead atoms. The highest BCUT2D eigenvalue weighted by molar-refractivity contribution is 14.1. The zero-order valence-electron chi connectivity index (χ0n) is 10.5. The number of halogens is 1. The first-order valence-corrected chi connectivity index (χ1v) is 7.85. The van der Waals surface area contributed by atoms with Crippen LogP contribution in [0.2, 0.25) is 0 Å². The summed E-state index contributed by atoms with van der Waals surface area (Å²) in [6.45, 7) is 3.39. The van der Waals surface area contributed by atoms with Crippen LogP contribution in [0.1, 0.15) is 25.7 Å². The summed E-state index contributed by atoms with van der Waals surface area (Å²) in [7, 11) is 0. The highest BCUT2D eigenvalue weighted by atomic mass is 127. The lowest BCUT2D eigenvalue weighted by molar-refractivity contribution is 0.379. The molecule has 1 saturated heterocycles. The second-order valence-corrected chi connectivity index (χ2v) is 6.56. The molecule has 0 spiro atoms. The third-order valence-electron chi connectivity index (χ3n) is 3.78. The summed E-state index contributed by atoms with van der Waals surface area (Å²) in [5.74, 6) is 1.73. The molecule has 2 aliphatic rings. The van der Waals surface area contributed by atoms with E-state index >= 15 is 0 Å². The van der Waals surface area contributed by atoms with Crippen molar-refractivity contribution in [1.82, 2.24) is 15.3 Å². The summed E-state index contributed by atoms with van der Waals surface area (Å²) >= 11 is 2.24. The lowest BCUT2D eigenvalue weighted by atomic mass is 9.97. The molecule has 18 heavy (non-hydrogen) atoms. The maximum absolute atomic E-state index is 4.40. The minimum atomic E-state index is 0.836. The predicted octanol–water partition coefficient (Wildman–Crippen LogP) is 2.05. The molecule has 1 N–H and O–H groups in total. The molecule has 0 amide bonds. The fourth-order valence-electron chi connectivity index (χ4n) is 2.43. The van der Waals surface area contributed by atoms with Gasteiger partial charge in [-0.15, -0.1) is 0 Å². The molecular weight excluding hydrogens is 339 g/mol. The van der Waals surface area contributed by atoms with Crippen molar-refractivity contribution in [3.63, 3.8) is 0 Å². The number of nitrogens with zero attached hydrogens (tertiary/aromatic N) is 3. The summed E-state index contributed by atoms with van der Waals surface area (Å²) < 4.78 is 1.10. The number of nitrogens with one attached hydrogen (secondary N) is 1. The Labute approximate surface area is 122 Å². The van der Waals surface area contributed by atoms with Crippen molar-refractivity contribution in [2.24, 2.45) is 5.92 Å². The minimum absolute atomic E-state index is 0.836. The van der Waals surface area contributed by atoms with Crippen LogP contribution in [0.15, 0.2) is 12.4 Å². The number of hydrogen-bond acceptors (Lipinski definition) is 4. The van der Waals surface area contributed by atoms with Crippen LogP contribution < -0.4 is 10.2 Å². The Morgan fingerprint density at radius 2 is 1.83 bits per heavy atom.